The molecule has 5 rings (SSSR count). The summed E-state index contributed by atoms with van der Waals surface area (Å²) in [5, 5.41) is 1.50. The van der Waals surface area contributed by atoms with Gasteiger partial charge in [0.25, 0.3) is 0 Å². The van der Waals surface area contributed by atoms with Crippen molar-refractivity contribution in [2.24, 2.45) is 0 Å². The minimum atomic E-state index is -2.64. The minimum absolute atomic E-state index is 0.664. The molecule has 0 fully saturated rings. The molecular formula is C32H25BiCl2O. The van der Waals surface area contributed by atoms with Crippen molar-refractivity contribution in [2.45, 2.75) is 6.92 Å². The fourth-order valence-electron chi connectivity index (χ4n) is 4.24. The van der Waals surface area contributed by atoms with E-state index in [9.17, 15) is 0 Å². The molecule has 5 aromatic carbocycles. The standard InChI is InChI=1S/2C12H8Cl.C8H9O.Bi/c2*13-12-8-6-11(7-9-12)10-4-2-1-3-5-10;1-2-9-8-6-4-3-5-7-8;/h2*1-2,4-9H;4-7H,2H2,1H3;. The molecule has 4 heteroatoms. The Labute approximate surface area is 231 Å². The number of hydrogen-bond donors (Lipinski definition) is 0. The Morgan fingerprint density at radius 1 is 0.528 bits per heavy atom. The van der Waals surface area contributed by atoms with E-state index in [0.717, 1.165) is 15.8 Å². The summed E-state index contributed by atoms with van der Waals surface area (Å²) < 4.78 is 9.99. The van der Waals surface area contributed by atoms with Crippen LogP contribution in [0.25, 0.3) is 22.3 Å². The van der Waals surface area contributed by atoms with Crippen LogP contribution in [0.4, 0.5) is 0 Å². The zero-order chi connectivity index (χ0) is 24.9. The first kappa shape index (κ1) is 25.0. The normalized spacial score (nSPS) is 11.0. The van der Waals surface area contributed by atoms with E-state index < -0.39 is 21.8 Å². The second kappa shape index (κ2) is 11.6. The first-order valence-corrected chi connectivity index (χ1v) is 17.8. The number of rotatable bonds is 7. The average Bonchev–Trinajstić information content (AvgIpc) is 2.91. The molecule has 36 heavy (non-hydrogen) atoms. The van der Waals surface area contributed by atoms with Crippen LogP contribution in [0.15, 0.2) is 121 Å². The summed E-state index contributed by atoms with van der Waals surface area (Å²) in [5.41, 5.74) is 4.77. The van der Waals surface area contributed by atoms with Crippen LogP contribution in [0, 0.1) is 0 Å². The molecule has 0 aliphatic heterocycles. The molecule has 0 radical (unpaired) electrons. The molecule has 0 aliphatic rings. The molecule has 178 valence electrons. The van der Waals surface area contributed by atoms with Gasteiger partial charge < -0.3 is 0 Å². The monoisotopic (exact) mass is 704 g/mol. The molecule has 0 saturated carbocycles. The van der Waals surface area contributed by atoms with Crippen molar-refractivity contribution < 1.29 is 4.74 Å². The van der Waals surface area contributed by atoms with Crippen LogP contribution < -0.4 is 14.6 Å². The number of hydrogen-bond acceptors (Lipinski definition) is 1. The summed E-state index contributed by atoms with van der Waals surface area (Å²) in [6, 6.07) is 42.9. The van der Waals surface area contributed by atoms with Gasteiger partial charge in [-0.2, -0.15) is 0 Å². The van der Waals surface area contributed by atoms with Crippen LogP contribution in [-0.2, 0) is 0 Å². The van der Waals surface area contributed by atoms with Crippen LogP contribution in [0.1, 0.15) is 6.92 Å². The molecule has 0 atom stereocenters. The second-order valence-electron chi connectivity index (χ2n) is 8.38. The third kappa shape index (κ3) is 5.84. The first-order valence-electron chi connectivity index (χ1n) is 11.9. The van der Waals surface area contributed by atoms with Crippen molar-refractivity contribution >= 4 is 54.8 Å². The number of halogens is 2. The van der Waals surface area contributed by atoms with Gasteiger partial charge in [-0.3, -0.25) is 0 Å². The van der Waals surface area contributed by atoms with Crippen molar-refractivity contribution in [1.82, 2.24) is 0 Å². The molecule has 0 saturated heterocycles. The van der Waals surface area contributed by atoms with Crippen LogP contribution in [0.2, 0.25) is 10.0 Å². The molecule has 0 amide bonds. The topological polar surface area (TPSA) is 9.23 Å². The van der Waals surface area contributed by atoms with E-state index in [1.807, 2.05) is 31.2 Å². The van der Waals surface area contributed by atoms with Gasteiger partial charge in [0.1, 0.15) is 0 Å². The summed E-state index contributed by atoms with van der Waals surface area (Å²) in [4.78, 5) is 0. The molecule has 1 nitrogen and oxygen atoms in total. The predicted octanol–water partition coefficient (Wildman–Crippen LogP) is 7.24. The summed E-state index contributed by atoms with van der Waals surface area (Å²) in [6.07, 6.45) is 0. The molecule has 0 aromatic heterocycles. The van der Waals surface area contributed by atoms with Gasteiger partial charge in [-0.25, -0.2) is 0 Å². The van der Waals surface area contributed by atoms with Gasteiger partial charge in [0.2, 0.25) is 0 Å². The molecule has 5 aromatic rings. The van der Waals surface area contributed by atoms with Gasteiger partial charge in [-0.15, -0.1) is 0 Å². The van der Waals surface area contributed by atoms with Gasteiger partial charge >= 0.3 is 232 Å². The summed E-state index contributed by atoms with van der Waals surface area (Å²) in [5.74, 6) is 0.912. The molecular weight excluding hydrogens is 680 g/mol. The third-order valence-electron chi connectivity index (χ3n) is 5.97. The van der Waals surface area contributed by atoms with Gasteiger partial charge in [0.05, 0.1) is 0 Å². The predicted molar refractivity (Wildman–Crippen MR) is 156 cm³/mol. The first-order chi connectivity index (χ1) is 17.6. The van der Waals surface area contributed by atoms with Crippen LogP contribution in [0.3, 0.4) is 0 Å². The van der Waals surface area contributed by atoms with E-state index in [2.05, 4.69) is 97.1 Å². The molecule has 0 bridgehead atoms. The van der Waals surface area contributed by atoms with Crippen molar-refractivity contribution in [1.29, 1.82) is 0 Å². The van der Waals surface area contributed by atoms with Crippen LogP contribution in [0.5, 0.6) is 5.75 Å². The Bertz CT molecular complexity index is 1360. The Morgan fingerprint density at radius 3 is 1.44 bits per heavy atom. The molecule has 0 heterocycles. The Morgan fingerprint density at radius 2 is 1.00 bits per heavy atom. The van der Waals surface area contributed by atoms with E-state index in [1.54, 1.807) is 0 Å². The summed E-state index contributed by atoms with van der Waals surface area (Å²) in [7, 11) is 0. The van der Waals surface area contributed by atoms with Crippen molar-refractivity contribution in [2.75, 3.05) is 6.61 Å². The van der Waals surface area contributed by atoms with Gasteiger partial charge in [0.15, 0.2) is 0 Å². The van der Waals surface area contributed by atoms with E-state index >= 15 is 0 Å². The van der Waals surface area contributed by atoms with Crippen molar-refractivity contribution in [3.05, 3.63) is 131 Å². The molecule has 0 spiro atoms. The SMILES string of the molecule is CCOc1cc[c]([Bi]([c]2cccc(-c3ccc(Cl)cc3)c2)[c]2cccc(-c3ccc(Cl)cc3)c2)cc1. The van der Waals surface area contributed by atoms with Gasteiger partial charge in [-0.05, 0) is 0 Å². The van der Waals surface area contributed by atoms with Crippen molar-refractivity contribution in [3.8, 4) is 28.0 Å². The Kier molecular flexibility index (Phi) is 8.07. The van der Waals surface area contributed by atoms with Crippen molar-refractivity contribution in [3.63, 3.8) is 0 Å². The van der Waals surface area contributed by atoms with Gasteiger partial charge in [0, 0.05) is 0 Å². The molecule has 0 unspecified atom stereocenters. The van der Waals surface area contributed by atoms with Crippen LogP contribution in [-0.4, -0.2) is 28.4 Å². The zero-order valence-corrected chi connectivity index (χ0v) is 24.9. The fraction of sp³-hybridized carbons (Fsp3) is 0.0625. The summed E-state index contributed by atoms with van der Waals surface area (Å²) >= 11 is 9.65. The second-order valence-corrected chi connectivity index (χ2v) is 17.9. The Hall–Kier alpha value is -2.64. The quantitative estimate of drug-likeness (QED) is 0.162. The third-order valence-corrected chi connectivity index (χ3v) is 15.8. The van der Waals surface area contributed by atoms with Gasteiger partial charge in [-0.1, -0.05) is 0 Å². The van der Waals surface area contributed by atoms with E-state index in [0.29, 0.717) is 6.61 Å². The average molecular weight is 705 g/mol. The molecule has 0 aliphatic carbocycles. The van der Waals surface area contributed by atoms with E-state index in [1.165, 1.54) is 32.1 Å². The maximum atomic E-state index is 6.14. The maximum absolute atomic E-state index is 6.14. The number of ether oxygens (including phenoxy) is 1. The Balaban J connectivity index is 1.61. The molecule has 0 N–H and O–H groups in total. The van der Waals surface area contributed by atoms with E-state index in [-0.39, 0.29) is 0 Å². The van der Waals surface area contributed by atoms with Crippen LogP contribution >= 0.6 is 23.2 Å². The zero-order valence-electron chi connectivity index (χ0n) is 19.9. The summed E-state index contributed by atoms with van der Waals surface area (Å²) in [6.45, 7) is 2.68. The number of benzene rings is 5. The van der Waals surface area contributed by atoms with E-state index in [4.69, 9.17) is 27.9 Å². The fourth-order valence-corrected chi connectivity index (χ4v) is 13.6.